The van der Waals surface area contributed by atoms with Gasteiger partial charge < -0.3 is 10.4 Å². The molecule has 0 bridgehead atoms. The molecule has 0 amide bonds. The minimum Gasteiger partial charge on any atom is -0.478 e. The fraction of sp³-hybridized carbons (Fsp3) is 0.250. The topological polar surface area (TPSA) is 62.2 Å². The van der Waals surface area contributed by atoms with Gasteiger partial charge in [-0.1, -0.05) is 42.8 Å². The highest BCUT2D eigenvalue weighted by molar-refractivity contribution is 5.95. The first-order valence-corrected chi connectivity index (χ1v) is 9.76. The number of aryl methyl sites for hydroxylation is 2. The maximum atomic E-state index is 11.6. The average Bonchev–Trinajstić information content (AvgIpc) is 3.54. The summed E-state index contributed by atoms with van der Waals surface area (Å²) in [6.07, 6.45) is 5.16. The quantitative estimate of drug-likeness (QED) is 0.562. The van der Waals surface area contributed by atoms with Gasteiger partial charge in [-0.05, 0) is 61.4 Å². The molecule has 1 heterocycles. The van der Waals surface area contributed by atoms with E-state index in [0.29, 0.717) is 11.6 Å². The Bertz CT molecular complexity index is 1040. The molecule has 142 valence electrons. The number of benzene rings is 2. The number of anilines is 2. The number of aromatic carboxylic acids is 1. The van der Waals surface area contributed by atoms with E-state index in [1.165, 1.54) is 24.0 Å². The molecule has 1 aliphatic carbocycles. The number of nitrogens with zero attached hydrogens (tertiary/aromatic N) is 1. The van der Waals surface area contributed by atoms with Crippen molar-refractivity contribution in [2.45, 2.75) is 39.0 Å². The zero-order chi connectivity index (χ0) is 19.7. The van der Waals surface area contributed by atoms with Crippen molar-refractivity contribution in [2.24, 2.45) is 0 Å². The molecule has 0 radical (unpaired) electrons. The summed E-state index contributed by atoms with van der Waals surface area (Å²) in [4.78, 5) is 16.3. The van der Waals surface area contributed by atoms with Gasteiger partial charge in [0.2, 0.25) is 0 Å². The maximum absolute atomic E-state index is 11.6. The largest absolute Gasteiger partial charge is 0.478 e. The van der Waals surface area contributed by atoms with Crippen molar-refractivity contribution in [2.75, 3.05) is 5.32 Å². The third kappa shape index (κ3) is 3.63. The van der Waals surface area contributed by atoms with Crippen LogP contribution in [0.3, 0.4) is 0 Å². The Morgan fingerprint density at radius 2 is 1.96 bits per heavy atom. The third-order valence-corrected chi connectivity index (χ3v) is 5.27. The number of hydrogen-bond acceptors (Lipinski definition) is 3. The van der Waals surface area contributed by atoms with E-state index in [4.69, 9.17) is 4.98 Å². The summed E-state index contributed by atoms with van der Waals surface area (Å²) < 4.78 is 0. The summed E-state index contributed by atoms with van der Waals surface area (Å²) in [5.74, 6) is -0.281. The molecular formula is C24H24N2O2. The van der Waals surface area contributed by atoms with E-state index >= 15 is 0 Å². The molecule has 3 aromatic rings. The Labute approximate surface area is 165 Å². The molecule has 1 saturated carbocycles. The molecule has 2 N–H and O–H groups in total. The maximum Gasteiger partial charge on any atom is 0.337 e. The van der Waals surface area contributed by atoms with Crippen LogP contribution in [0.1, 0.15) is 52.7 Å². The minimum atomic E-state index is -0.940. The second-order valence-corrected chi connectivity index (χ2v) is 7.43. The standard InChI is InChI=1S/C24H24N2O2/c1-3-16-13-18(26-22-11-8-15(2)12-21(22)24(27)28)14-25-23(16)20-7-5-4-6-19(20)17-9-10-17/h4-8,11-14,17,26H,3,9-10H2,1-2H3,(H,27,28). The van der Waals surface area contributed by atoms with Gasteiger partial charge in [0.15, 0.2) is 0 Å². The molecule has 4 heteroatoms. The molecule has 0 aliphatic heterocycles. The summed E-state index contributed by atoms with van der Waals surface area (Å²) in [5.41, 5.74) is 7.35. The van der Waals surface area contributed by atoms with Crippen LogP contribution in [0.4, 0.5) is 11.4 Å². The Morgan fingerprint density at radius 1 is 1.18 bits per heavy atom. The van der Waals surface area contributed by atoms with Crippen molar-refractivity contribution in [3.05, 3.63) is 77.0 Å². The first-order chi connectivity index (χ1) is 13.6. The van der Waals surface area contributed by atoms with Gasteiger partial charge in [0.1, 0.15) is 0 Å². The van der Waals surface area contributed by atoms with Crippen molar-refractivity contribution in [1.29, 1.82) is 0 Å². The van der Waals surface area contributed by atoms with Crippen molar-refractivity contribution in [3.8, 4) is 11.3 Å². The number of aromatic nitrogens is 1. The smallest absolute Gasteiger partial charge is 0.337 e. The molecule has 0 saturated heterocycles. The number of pyridine rings is 1. The molecule has 4 rings (SSSR count). The van der Waals surface area contributed by atoms with Gasteiger partial charge in [0.25, 0.3) is 0 Å². The number of carboxylic acid groups (broad SMARTS) is 1. The Kier molecular flexibility index (Phi) is 4.86. The lowest BCUT2D eigenvalue weighted by Gasteiger charge is -2.15. The van der Waals surface area contributed by atoms with Crippen LogP contribution in [0.5, 0.6) is 0 Å². The molecule has 0 unspecified atom stereocenters. The third-order valence-electron chi connectivity index (χ3n) is 5.27. The molecule has 1 aromatic heterocycles. The molecule has 4 nitrogen and oxygen atoms in total. The fourth-order valence-corrected chi connectivity index (χ4v) is 3.65. The van der Waals surface area contributed by atoms with Crippen LogP contribution in [-0.4, -0.2) is 16.1 Å². The van der Waals surface area contributed by atoms with Crippen LogP contribution in [0, 0.1) is 6.92 Å². The van der Waals surface area contributed by atoms with Gasteiger partial charge in [-0.25, -0.2) is 4.79 Å². The second-order valence-electron chi connectivity index (χ2n) is 7.43. The Hall–Kier alpha value is -3.14. The number of hydrogen-bond donors (Lipinski definition) is 2. The van der Waals surface area contributed by atoms with Gasteiger partial charge >= 0.3 is 5.97 Å². The molecule has 0 atom stereocenters. The van der Waals surface area contributed by atoms with Crippen molar-refractivity contribution in [3.63, 3.8) is 0 Å². The number of nitrogens with one attached hydrogen (secondary N) is 1. The van der Waals surface area contributed by atoms with E-state index < -0.39 is 5.97 Å². The predicted molar refractivity (Wildman–Crippen MR) is 112 cm³/mol. The first-order valence-electron chi connectivity index (χ1n) is 9.76. The molecule has 28 heavy (non-hydrogen) atoms. The molecular weight excluding hydrogens is 348 g/mol. The zero-order valence-electron chi connectivity index (χ0n) is 16.2. The lowest BCUT2D eigenvalue weighted by Crippen LogP contribution is -2.04. The van der Waals surface area contributed by atoms with Gasteiger partial charge in [-0.2, -0.15) is 0 Å². The lowest BCUT2D eigenvalue weighted by molar-refractivity contribution is 0.0698. The monoisotopic (exact) mass is 372 g/mol. The summed E-state index contributed by atoms with van der Waals surface area (Å²) in [6, 6.07) is 16.0. The van der Waals surface area contributed by atoms with Crippen LogP contribution >= 0.6 is 0 Å². The van der Waals surface area contributed by atoms with Crippen LogP contribution in [-0.2, 0) is 6.42 Å². The minimum absolute atomic E-state index is 0.265. The van der Waals surface area contributed by atoms with Gasteiger partial charge in [0.05, 0.1) is 28.8 Å². The van der Waals surface area contributed by atoms with E-state index in [-0.39, 0.29) is 5.56 Å². The van der Waals surface area contributed by atoms with Gasteiger partial charge in [-0.3, -0.25) is 4.98 Å². The van der Waals surface area contributed by atoms with E-state index in [0.717, 1.165) is 28.9 Å². The number of carbonyl (C=O) groups is 1. The van der Waals surface area contributed by atoms with Crippen LogP contribution in [0.25, 0.3) is 11.3 Å². The zero-order valence-corrected chi connectivity index (χ0v) is 16.2. The second kappa shape index (κ2) is 7.47. The average molecular weight is 372 g/mol. The van der Waals surface area contributed by atoms with E-state index in [1.54, 1.807) is 18.3 Å². The SMILES string of the molecule is CCc1cc(Nc2ccc(C)cc2C(=O)O)cnc1-c1ccccc1C1CC1. The van der Waals surface area contributed by atoms with Crippen molar-refractivity contribution < 1.29 is 9.90 Å². The van der Waals surface area contributed by atoms with E-state index in [2.05, 4.69) is 42.6 Å². The van der Waals surface area contributed by atoms with Crippen LogP contribution in [0.2, 0.25) is 0 Å². The summed E-state index contributed by atoms with van der Waals surface area (Å²) in [7, 11) is 0. The highest BCUT2D eigenvalue weighted by Gasteiger charge is 2.27. The van der Waals surface area contributed by atoms with Crippen LogP contribution in [0.15, 0.2) is 54.7 Å². The van der Waals surface area contributed by atoms with Gasteiger partial charge in [-0.15, -0.1) is 0 Å². The Balaban J connectivity index is 1.70. The normalized spacial score (nSPS) is 13.4. The molecule has 0 spiro atoms. The van der Waals surface area contributed by atoms with E-state index in [9.17, 15) is 9.90 Å². The highest BCUT2D eigenvalue weighted by Crippen LogP contribution is 2.44. The fourth-order valence-electron chi connectivity index (χ4n) is 3.65. The summed E-state index contributed by atoms with van der Waals surface area (Å²) in [5, 5.41) is 12.7. The van der Waals surface area contributed by atoms with Gasteiger partial charge in [0, 0.05) is 5.56 Å². The summed E-state index contributed by atoms with van der Waals surface area (Å²) in [6.45, 7) is 4.01. The predicted octanol–water partition coefficient (Wildman–Crippen LogP) is 5.94. The summed E-state index contributed by atoms with van der Waals surface area (Å²) >= 11 is 0. The van der Waals surface area contributed by atoms with Crippen molar-refractivity contribution in [1.82, 2.24) is 4.98 Å². The molecule has 2 aromatic carbocycles. The molecule has 1 aliphatic rings. The van der Waals surface area contributed by atoms with Crippen molar-refractivity contribution >= 4 is 17.3 Å². The number of carboxylic acids is 1. The molecule has 1 fully saturated rings. The van der Waals surface area contributed by atoms with E-state index in [1.807, 2.05) is 13.0 Å². The lowest BCUT2D eigenvalue weighted by atomic mass is 9.96. The van der Waals surface area contributed by atoms with Crippen LogP contribution < -0.4 is 5.32 Å². The highest BCUT2D eigenvalue weighted by atomic mass is 16.4. The number of rotatable bonds is 6. The Morgan fingerprint density at radius 3 is 2.68 bits per heavy atom. The first kappa shape index (κ1) is 18.2.